The number of carbonyl (C=O) groups is 1. The highest BCUT2D eigenvalue weighted by Gasteiger charge is 2.15. The first-order chi connectivity index (χ1) is 19.1. The summed E-state index contributed by atoms with van der Waals surface area (Å²) in [6.45, 7) is 3.73. The summed E-state index contributed by atoms with van der Waals surface area (Å²) in [5.74, 6) is 1.54. The summed E-state index contributed by atoms with van der Waals surface area (Å²) in [5, 5.41) is 0. The number of ether oxygens (including phenoxy) is 2. The maximum Gasteiger partial charge on any atom is 0.308 e. The zero-order chi connectivity index (χ0) is 28.0. The van der Waals surface area contributed by atoms with Crippen molar-refractivity contribution in [3.05, 3.63) is 59.7 Å². The number of carbonyl (C=O) groups excluding carboxylic acids is 1. The second-order valence-electron chi connectivity index (χ2n) is 11.3. The van der Waals surface area contributed by atoms with Gasteiger partial charge in [0.25, 0.3) is 0 Å². The zero-order valence-corrected chi connectivity index (χ0v) is 25.4. The lowest BCUT2D eigenvalue weighted by Gasteiger charge is -2.19. The molecule has 2 aromatic carbocycles. The molecular weight excluding hydrogens is 480 g/mol. The van der Waals surface area contributed by atoms with Crippen LogP contribution in [0.5, 0.6) is 11.5 Å². The van der Waals surface area contributed by atoms with Crippen LogP contribution in [-0.4, -0.2) is 13.1 Å². The lowest BCUT2D eigenvalue weighted by molar-refractivity contribution is -0.131. The monoisotopic (exact) mass is 536 g/mol. The van der Waals surface area contributed by atoms with E-state index in [9.17, 15) is 4.79 Å². The van der Waals surface area contributed by atoms with Crippen LogP contribution in [0.2, 0.25) is 0 Å². The number of unbranched alkanes of at least 4 members (excludes halogenated alkanes) is 17. The van der Waals surface area contributed by atoms with E-state index in [4.69, 9.17) is 9.47 Å². The molecule has 0 N–H and O–H groups in total. The van der Waals surface area contributed by atoms with Crippen molar-refractivity contribution in [3.63, 3.8) is 0 Å². The molecule has 0 saturated heterocycles. The molecule has 0 saturated carbocycles. The first-order valence-electron chi connectivity index (χ1n) is 16.1. The third-order valence-corrected chi connectivity index (χ3v) is 7.91. The highest BCUT2D eigenvalue weighted by Crippen LogP contribution is 2.32. The normalized spacial score (nSPS) is 11.9. The SMILES string of the molecule is CCCCCCCCCCCCCCCCCCCCC(c1ccc(OC)cc1)c1ccc(OC(C)=O)cc1. The predicted molar refractivity (Wildman–Crippen MR) is 166 cm³/mol. The third-order valence-electron chi connectivity index (χ3n) is 7.91. The number of esters is 1. The molecule has 0 amide bonds. The lowest BCUT2D eigenvalue weighted by atomic mass is 9.86. The van der Waals surface area contributed by atoms with Gasteiger partial charge < -0.3 is 9.47 Å². The van der Waals surface area contributed by atoms with Crippen LogP contribution in [0, 0.1) is 0 Å². The van der Waals surface area contributed by atoms with Crippen LogP contribution in [0.3, 0.4) is 0 Å². The molecule has 0 heterocycles. The molecule has 0 radical (unpaired) electrons. The van der Waals surface area contributed by atoms with Crippen LogP contribution < -0.4 is 9.47 Å². The van der Waals surface area contributed by atoms with E-state index in [-0.39, 0.29) is 5.97 Å². The first kappa shape index (κ1) is 32.9. The van der Waals surface area contributed by atoms with Crippen LogP contribution in [0.15, 0.2) is 48.5 Å². The van der Waals surface area contributed by atoms with E-state index in [0.29, 0.717) is 11.7 Å². The summed E-state index contributed by atoms with van der Waals surface area (Å²) >= 11 is 0. The molecule has 0 fully saturated rings. The van der Waals surface area contributed by atoms with Crippen LogP contribution in [-0.2, 0) is 4.79 Å². The molecule has 1 unspecified atom stereocenters. The summed E-state index contributed by atoms with van der Waals surface area (Å²) < 4.78 is 10.6. The van der Waals surface area contributed by atoms with Crippen LogP contribution >= 0.6 is 0 Å². The topological polar surface area (TPSA) is 35.5 Å². The third kappa shape index (κ3) is 15.2. The molecule has 1 atom stereocenters. The fraction of sp³-hybridized carbons (Fsp3) is 0.639. The lowest BCUT2D eigenvalue weighted by Crippen LogP contribution is -2.04. The van der Waals surface area contributed by atoms with Crippen LogP contribution in [0.25, 0.3) is 0 Å². The largest absolute Gasteiger partial charge is 0.497 e. The molecule has 0 spiro atoms. The predicted octanol–water partition coefficient (Wildman–Crippen LogP) is 11.2. The number of hydrogen-bond donors (Lipinski definition) is 0. The first-order valence-corrected chi connectivity index (χ1v) is 16.1. The number of rotatable bonds is 23. The summed E-state index contributed by atoms with van der Waals surface area (Å²) in [5.41, 5.74) is 2.58. The van der Waals surface area contributed by atoms with E-state index in [1.807, 2.05) is 24.3 Å². The fourth-order valence-electron chi connectivity index (χ4n) is 5.55. The van der Waals surface area contributed by atoms with E-state index >= 15 is 0 Å². The van der Waals surface area contributed by atoms with Crippen molar-refractivity contribution in [1.82, 2.24) is 0 Å². The fourth-order valence-corrected chi connectivity index (χ4v) is 5.55. The van der Waals surface area contributed by atoms with Gasteiger partial charge in [0.2, 0.25) is 0 Å². The van der Waals surface area contributed by atoms with E-state index in [0.717, 1.165) is 12.2 Å². The van der Waals surface area contributed by atoms with Crippen molar-refractivity contribution < 1.29 is 14.3 Å². The van der Waals surface area contributed by atoms with Crippen molar-refractivity contribution >= 4 is 5.97 Å². The summed E-state index contributed by atoms with van der Waals surface area (Å²) in [6.07, 6.45) is 26.3. The number of benzene rings is 2. The minimum Gasteiger partial charge on any atom is -0.497 e. The van der Waals surface area contributed by atoms with Gasteiger partial charge in [-0.25, -0.2) is 0 Å². The van der Waals surface area contributed by atoms with Crippen molar-refractivity contribution in [2.24, 2.45) is 0 Å². The summed E-state index contributed by atoms with van der Waals surface area (Å²) in [7, 11) is 1.71. The Bertz CT molecular complexity index is 856. The van der Waals surface area contributed by atoms with Gasteiger partial charge in [-0.15, -0.1) is 0 Å². The molecule has 0 aliphatic rings. The standard InChI is InChI=1S/C36H56O3/c1-4-5-6-7-8-9-10-11-12-13-14-15-16-17-18-19-20-21-22-36(32-23-27-34(38-3)28-24-32)33-25-29-35(30-26-33)39-31(2)37/h23-30,36H,4-22H2,1-3H3. The molecule has 2 rings (SSSR count). The molecule has 0 aliphatic carbocycles. The Morgan fingerprint density at radius 1 is 0.564 bits per heavy atom. The maximum absolute atomic E-state index is 11.3. The van der Waals surface area contributed by atoms with Gasteiger partial charge in [0.15, 0.2) is 0 Å². The molecule has 3 heteroatoms. The molecule has 39 heavy (non-hydrogen) atoms. The minimum absolute atomic E-state index is 0.284. The minimum atomic E-state index is -0.284. The Hall–Kier alpha value is -2.29. The quantitative estimate of drug-likeness (QED) is 0.0804. The van der Waals surface area contributed by atoms with Gasteiger partial charge in [0.05, 0.1) is 7.11 Å². The van der Waals surface area contributed by atoms with E-state index in [1.54, 1.807) is 7.11 Å². The average Bonchev–Trinajstić information content (AvgIpc) is 2.95. The molecule has 218 valence electrons. The van der Waals surface area contributed by atoms with Gasteiger partial charge in [0, 0.05) is 12.8 Å². The Morgan fingerprint density at radius 3 is 1.28 bits per heavy atom. The second-order valence-corrected chi connectivity index (χ2v) is 11.3. The van der Waals surface area contributed by atoms with Crippen molar-refractivity contribution in [3.8, 4) is 11.5 Å². The smallest absolute Gasteiger partial charge is 0.308 e. The molecular formula is C36H56O3. The van der Waals surface area contributed by atoms with Gasteiger partial charge in [0.1, 0.15) is 11.5 Å². The average molecular weight is 537 g/mol. The highest BCUT2D eigenvalue weighted by molar-refractivity contribution is 5.69. The van der Waals surface area contributed by atoms with E-state index < -0.39 is 0 Å². The van der Waals surface area contributed by atoms with Crippen molar-refractivity contribution in [2.45, 2.75) is 142 Å². The highest BCUT2D eigenvalue weighted by atomic mass is 16.5. The Labute approximate surface area is 240 Å². The van der Waals surface area contributed by atoms with Gasteiger partial charge >= 0.3 is 5.97 Å². The van der Waals surface area contributed by atoms with Gasteiger partial charge in [-0.05, 0) is 41.8 Å². The number of methoxy groups -OCH3 is 1. The Kier molecular flexibility index (Phi) is 18.2. The van der Waals surface area contributed by atoms with Crippen molar-refractivity contribution in [1.29, 1.82) is 0 Å². The van der Waals surface area contributed by atoms with Gasteiger partial charge in [-0.2, -0.15) is 0 Å². The molecule has 2 aromatic rings. The molecule has 0 aromatic heterocycles. The summed E-state index contributed by atoms with van der Waals surface area (Å²) in [6, 6.07) is 16.5. The summed E-state index contributed by atoms with van der Waals surface area (Å²) in [4.78, 5) is 11.3. The van der Waals surface area contributed by atoms with Crippen LogP contribution in [0.4, 0.5) is 0 Å². The molecule has 3 nitrogen and oxygen atoms in total. The Balaban J connectivity index is 1.58. The van der Waals surface area contributed by atoms with E-state index in [2.05, 4.69) is 31.2 Å². The Morgan fingerprint density at radius 2 is 0.923 bits per heavy atom. The van der Waals surface area contributed by atoms with Crippen molar-refractivity contribution in [2.75, 3.05) is 7.11 Å². The zero-order valence-electron chi connectivity index (χ0n) is 25.4. The van der Waals surface area contributed by atoms with Crippen LogP contribution in [0.1, 0.15) is 153 Å². The van der Waals surface area contributed by atoms with Gasteiger partial charge in [-0.3, -0.25) is 4.79 Å². The molecule has 0 bridgehead atoms. The second kappa shape index (κ2) is 21.5. The molecule has 0 aliphatic heterocycles. The number of hydrogen-bond acceptors (Lipinski definition) is 3. The maximum atomic E-state index is 11.3. The van der Waals surface area contributed by atoms with E-state index in [1.165, 1.54) is 134 Å². The van der Waals surface area contributed by atoms with Gasteiger partial charge in [-0.1, -0.05) is 147 Å².